The van der Waals surface area contributed by atoms with Crippen molar-refractivity contribution in [2.24, 2.45) is 0 Å². The van der Waals surface area contributed by atoms with Crippen LogP contribution in [0.5, 0.6) is 5.75 Å². The second kappa shape index (κ2) is 6.52. The van der Waals surface area contributed by atoms with E-state index in [1.54, 1.807) is 6.07 Å². The lowest BCUT2D eigenvalue weighted by molar-refractivity contribution is -0.153. The van der Waals surface area contributed by atoms with Crippen molar-refractivity contribution in [1.82, 2.24) is 0 Å². The van der Waals surface area contributed by atoms with Crippen molar-refractivity contribution in [2.45, 2.75) is 6.18 Å². The second-order valence-corrected chi connectivity index (χ2v) is 6.11. The number of benzene rings is 2. The van der Waals surface area contributed by atoms with E-state index in [4.69, 9.17) is 0 Å². The highest BCUT2D eigenvalue weighted by Crippen LogP contribution is 2.26. The van der Waals surface area contributed by atoms with Gasteiger partial charge < -0.3 is 10.1 Å². The summed E-state index contributed by atoms with van der Waals surface area (Å²) < 4.78 is 41.9. The third kappa shape index (κ3) is 4.05. The van der Waals surface area contributed by atoms with Crippen LogP contribution in [0.15, 0.2) is 54.6 Å². The van der Waals surface area contributed by atoms with Crippen LogP contribution in [0.4, 0.5) is 18.9 Å². The zero-order valence-corrected chi connectivity index (χ0v) is 13.1. The number of fused-ring (bicyclic) bond motifs is 1. The fraction of sp³-hybridized carbons (Fsp3) is 0.118. The quantitative estimate of drug-likeness (QED) is 0.711. The number of amides is 1. The number of nitrogens with one attached hydrogen (secondary N) is 1. The SMILES string of the molecule is O=C(Nc1ccc(OCC(F)(F)F)cc1)c1cc2ccccc2s1. The van der Waals surface area contributed by atoms with Crippen LogP contribution in [0.25, 0.3) is 10.1 Å². The Hall–Kier alpha value is -2.54. The smallest absolute Gasteiger partial charge is 0.422 e. The van der Waals surface area contributed by atoms with Gasteiger partial charge in [0.15, 0.2) is 6.61 Å². The number of hydrogen-bond acceptors (Lipinski definition) is 3. The molecule has 1 amide bonds. The Labute approximate surface area is 139 Å². The fourth-order valence-electron chi connectivity index (χ4n) is 2.09. The molecule has 1 heterocycles. The first kappa shape index (κ1) is 16.3. The Bertz CT molecular complexity index is 823. The molecule has 0 atom stereocenters. The maximum absolute atomic E-state index is 12.2. The highest BCUT2D eigenvalue weighted by atomic mass is 32.1. The highest BCUT2D eigenvalue weighted by molar-refractivity contribution is 7.20. The summed E-state index contributed by atoms with van der Waals surface area (Å²) in [5.74, 6) is -0.174. The van der Waals surface area contributed by atoms with Crippen LogP contribution in [0.2, 0.25) is 0 Å². The molecule has 0 fully saturated rings. The maximum atomic E-state index is 12.2. The molecule has 0 bridgehead atoms. The third-order valence-electron chi connectivity index (χ3n) is 3.16. The van der Waals surface area contributed by atoms with Crippen LogP contribution >= 0.6 is 11.3 Å². The number of halogens is 3. The van der Waals surface area contributed by atoms with Crippen molar-refractivity contribution in [2.75, 3.05) is 11.9 Å². The first-order valence-corrected chi connectivity index (χ1v) is 7.82. The average Bonchev–Trinajstić information content (AvgIpc) is 2.98. The Morgan fingerprint density at radius 3 is 2.46 bits per heavy atom. The molecular weight excluding hydrogens is 339 g/mol. The lowest BCUT2D eigenvalue weighted by Crippen LogP contribution is -2.19. The summed E-state index contributed by atoms with van der Waals surface area (Å²) in [6.45, 7) is -1.35. The molecule has 0 aliphatic heterocycles. The number of anilines is 1. The van der Waals surface area contributed by atoms with Gasteiger partial charge in [-0.2, -0.15) is 13.2 Å². The van der Waals surface area contributed by atoms with Gasteiger partial charge in [-0.15, -0.1) is 11.3 Å². The molecular formula is C17H12F3NO2S. The topological polar surface area (TPSA) is 38.3 Å². The van der Waals surface area contributed by atoms with Crippen molar-refractivity contribution >= 4 is 33.0 Å². The molecule has 0 radical (unpaired) electrons. The summed E-state index contributed by atoms with van der Waals surface area (Å²) >= 11 is 1.38. The minimum Gasteiger partial charge on any atom is -0.484 e. The van der Waals surface area contributed by atoms with E-state index in [1.807, 2.05) is 24.3 Å². The lowest BCUT2D eigenvalue weighted by Gasteiger charge is -2.09. The van der Waals surface area contributed by atoms with Crippen LogP contribution in [0, 0.1) is 0 Å². The molecule has 24 heavy (non-hydrogen) atoms. The number of rotatable bonds is 4. The van der Waals surface area contributed by atoms with E-state index in [2.05, 4.69) is 10.1 Å². The first-order valence-electron chi connectivity index (χ1n) is 7.00. The lowest BCUT2D eigenvalue weighted by atomic mass is 10.2. The van der Waals surface area contributed by atoms with E-state index in [9.17, 15) is 18.0 Å². The van der Waals surface area contributed by atoms with E-state index in [1.165, 1.54) is 35.6 Å². The fourth-order valence-corrected chi connectivity index (χ4v) is 3.04. The van der Waals surface area contributed by atoms with Crippen molar-refractivity contribution < 1.29 is 22.7 Å². The van der Waals surface area contributed by atoms with Crippen LogP contribution in [0.3, 0.4) is 0 Å². The van der Waals surface area contributed by atoms with E-state index >= 15 is 0 Å². The van der Waals surface area contributed by atoms with Crippen LogP contribution in [-0.2, 0) is 0 Å². The molecule has 0 aliphatic rings. The molecule has 1 N–H and O–H groups in total. The Morgan fingerprint density at radius 1 is 1.08 bits per heavy atom. The van der Waals surface area contributed by atoms with Crippen LogP contribution < -0.4 is 10.1 Å². The van der Waals surface area contributed by atoms with Gasteiger partial charge in [0.25, 0.3) is 5.91 Å². The molecule has 0 aliphatic carbocycles. The van der Waals surface area contributed by atoms with E-state index < -0.39 is 12.8 Å². The summed E-state index contributed by atoms with van der Waals surface area (Å²) in [4.78, 5) is 12.8. The molecule has 3 nitrogen and oxygen atoms in total. The van der Waals surface area contributed by atoms with E-state index in [-0.39, 0.29) is 11.7 Å². The second-order valence-electron chi connectivity index (χ2n) is 5.03. The number of carbonyl (C=O) groups is 1. The van der Waals surface area contributed by atoms with Gasteiger partial charge in [-0.3, -0.25) is 4.79 Å². The third-order valence-corrected chi connectivity index (χ3v) is 4.28. The monoisotopic (exact) mass is 351 g/mol. The Balaban J connectivity index is 1.66. The number of thiophene rings is 1. The minimum absolute atomic E-state index is 0.0900. The van der Waals surface area contributed by atoms with Crippen LogP contribution in [0.1, 0.15) is 9.67 Å². The molecule has 2 aromatic carbocycles. The maximum Gasteiger partial charge on any atom is 0.422 e. The average molecular weight is 351 g/mol. The number of alkyl halides is 3. The van der Waals surface area contributed by atoms with E-state index in [0.717, 1.165) is 10.1 Å². The Kier molecular flexibility index (Phi) is 4.44. The molecule has 0 saturated heterocycles. The standard InChI is InChI=1S/C17H12F3NO2S/c18-17(19,20)10-23-13-7-5-12(6-8-13)21-16(22)15-9-11-3-1-2-4-14(11)24-15/h1-9H,10H2,(H,21,22). The predicted octanol–water partition coefficient (Wildman–Crippen LogP) is 5.09. The van der Waals surface area contributed by atoms with Crippen molar-refractivity contribution in [3.8, 4) is 5.75 Å². The molecule has 0 saturated carbocycles. The van der Waals surface area contributed by atoms with Crippen LogP contribution in [-0.4, -0.2) is 18.7 Å². The normalized spacial score (nSPS) is 11.5. The molecule has 1 aromatic heterocycles. The molecule has 0 spiro atoms. The summed E-state index contributed by atoms with van der Waals surface area (Å²) in [6.07, 6.45) is -4.38. The zero-order valence-electron chi connectivity index (χ0n) is 12.3. The van der Waals surface area contributed by atoms with Gasteiger partial charge in [-0.25, -0.2) is 0 Å². The molecule has 3 rings (SSSR count). The summed E-state index contributed by atoms with van der Waals surface area (Å²) in [5.41, 5.74) is 0.483. The van der Waals surface area contributed by atoms with Crippen molar-refractivity contribution in [3.63, 3.8) is 0 Å². The summed E-state index contributed by atoms with van der Waals surface area (Å²) in [5, 5.41) is 3.70. The number of hydrogen-bond donors (Lipinski definition) is 1. The molecule has 0 unspecified atom stereocenters. The minimum atomic E-state index is -4.38. The molecule has 124 valence electrons. The predicted molar refractivity (Wildman–Crippen MR) is 87.8 cm³/mol. The van der Waals surface area contributed by atoms with Gasteiger partial charge in [-0.05, 0) is 41.8 Å². The first-order chi connectivity index (χ1) is 11.4. The van der Waals surface area contributed by atoms with Crippen molar-refractivity contribution in [3.05, 3.63) is 59.5 Å². The van der Waals surface area contributed by atoms with Gasteiger partial charge in [0, 0.05) is 10.4 Å². The Morgan fingerprint density at radius 2 is 1.79 bits per heavy atom. The number of carbonyl (C=O) groups excluding carboxylic acids is 1. The highest BCUT2D eigenvalue weighted by Gasteiger charge is 2.28. The van der Waals surface area contributed by atoms with Gasteiger partial charge in [-0.1, -0.05) is 18.2 Å². The molecule has 7 heteroatoms. The van der Waals surface area contributed by atoms with E-state index in [0.29, 0.717) is 10.6 Å². The van der Waals surface area contributed by atoms with Gasteiger partial charge in [0.2, 0.25) is 0 Å². The largest absolute Gasteiger partial charge is 0.484 e. The van der Waals surface area contributed by atoms with Gasteiger partial charge in [0.05, 0.1) is 4.88 Å². The van der Waals surface area contributed by atoms with Gasteiger partial charge >= 0.3 is 6.18 Å². The summed E-state index contributed by atoms with van der Waals surface area (Å²) in [7, 11) is 0. The van der Waals surface area contributed by atoms with Crippen molar-refractivity contribution in [1.29, 1.82) is 0 Å². The van der Waals surface area contributed by atoms with Gasteiger partial charge in [0.1, 0.15) is 5.75 Å². The number of ether oxygens (including phenoxy) is 1. The zero-order chi connectivity index (χ0) is 17.2. The summed E-state index contributed by atoms with van der Waals surface area (Å²) in [6, 6.07) is 15.2. The molecule has 3 aromatic rings.